The molecule has 0 unspecified atom stereocenters. The van der Waals surface area contributed by atoms with Crippen LogP contribution in [0.2, 0.25) is 0 Å². The zero-order chi connectivity index (χ0) is 46.8. The van der Waals surface area contributed by atoms with E-state index in [1.54, 1.807) is 26.2 Å². The first-order valence-corrected chi connectivity index (χ1v) is 20.1. The van der Waals surface area contributed by atoms with E-state index in [0.29, 0.717) is 0 Å². The molecule has 64 heavy (non-hydrogen) atoms. The molecule has 4 N–H and O–H groups in total. The highest BCUT2D eigenvalue weighted by atomic mass is 35.5. The summed E-state index contributed by atoms with van der Waals surface area (Å²) in [7, 11) is 5.61. The number of methoxy groups -OCH3 is 2. The molecule has 0 heterocycles. The number of halogens is 2. The lowest BCUT2D eigenvalue weighted by atomic mass is 9.82. The number of anilines is 4. The number of alkyl halides is 2. The third-order valence-corrected chi connectivity index (χ3v) is 10.0. The van der Waals surface area contributed by atoms with Crippen LogP contribution in [0.1, 0.15) is 63.7 Å². The molecular weight excluding hydrogens is 875 g/mol. The van der Waals surface area contributed by atoms with Crippen molar-refractivity contribution in [1.29, 1.82) is 0 Å². The molecule has 4 amide bonds. The van der Waals surface area contributed by atoms with Crippen molar-refractivity contribution in [2.24, 2.45) is 0 Å². The second-order valence-corrected chi connectivity index (χ2v) is 14.7. The molecule has 0 bridgehead atoms. The van der Waals surface area contributed by atoms with Crippen LogP contribution in [0.15, 0.2) is 72.8 Å². The van der Waals surface area contributed by atoms with Crippen LogP contribution in [0, 0.1) is 0 Å². The fourth-order valence-corrected chi connectivity index (χ4v) is 6.95. The number of carbonyl (C=O) groups is 10. The minimum absolute atomic E-state index is 0.0373. The fourth-order valence-electron chi connectivity index (χ4n) is 6.82. The molecule has 0 aromatic heterocycles. The summed E-state index contributed by atoms with van der Waals surface area (Å²) in [5, 5.41) is 10.3. The Morgan fingerprint density at radius 3 is 0.922 bits per heavy atom. The highest BCUT2D eigenvalue weighted by molar-refractivity contribution is 6.35. The molecule has 2 aliphatic carbocycles. The van der Waals surface area contributed by atoms with E-state index in [9.17, 15) is 47.9 Å². The molecule has 0 spiro atoms. The molecule has 4 aromatic rings. The second kappa shape index (κ2) is 21.3. The minimum atomic E-state index is -0.507. The van der Waals surface area contributed by atoms with Crippen molar-refractivity contribution >= 4 is 105 Å². The van der Waals surface area contributed by atoms with Crippen molar-refractivity contribution in [1.82, 2.24) is 9.80 Å². The zero-order valence-corrected chi connectivity index (χ0v) is 36.2. The number of fused-ring (bicyclic) bond motifs is 4. The van der Waals surface area contributed by atoms with Crippen LogP contribution in [-0.2, 0) is 38.2 Å². The SMILES string of the molecule is COC(=O)CN(C)CC(=O)Nc1cccc2c1C(=O)c1cccc(NC(=O)CN(C)CC(=O)OC)c1C2=O.O=C(CCl)Nc1cccc2c1C(=O)c1cccc(NC(=O)CCl)c1C2=O. The lowest BCUT2D eigenvalue weighted by Gasteiger charge is -2.23. The second-order valence-electron chi connectivity index (χ2n) is 14.2. The lowest BCUT2D eigenvalue weighted by Crippen LogP contribution is -2.35. The summed E-state index contributed by atoms with van der Waals surface area (Å²) in [5.74, 6) is -5.39. The molecule has 18 nitrogen and oxygen atoms in total. The molecule has 0 atom stereocenters. The van der Waals surface area contributed by atoms with Gasteiger partial charge in [-0.1, -0.05) is 48.5 Å². The molecule has 0 radical (unpaired) electrons. The first kappa shape index (κ1) is 47.9. The van der Waals surface area contributed by atoms with Gasteiger partial charge in [0.15, 0.2) is 23.1 Å². The van der Waals surface area contributed by atoms with E-state index in [4.69, 9.17) is 23.2 Å². The molecule has 4 aromatic carbocycles. The number of rotatable bonds is 14. The first-order chi connectivity index (χ1) is 30.5. The van der Waals surface area contributed by atoms with Crippen molar-refractivity contribution in [3.05, 3.63) is 117 Å². The molecule has 0 aliphatic heterocycles. The Kier molecular flexibility index (Phi) is 16.0. The Morgan fingerprint density at radius 1 is 0.438 bits per heavy atom. The van der Waals surface area contributed by atoms with E-state index in [1.807, 2.05) is 0 Å². The number of nitrogens with one attached hydrogen (secondary N) is 4. The van der Waals surface area contributed by atoms with Crippen molar-refractivity contribution < 1.29 is 57.4 Å². The highest BCUT2D eigenvalue weighted by Crippen LogP contribution is 2.37. The van der Waals surface area contributed by atoms with E-state index in [0.717, 1.165) is 0 Å². The zero-order valence-electron chi connectivity index (χ0n) is 34.7. The van der Waals surface area contributed by atoms with Crippen molar-refractivity contribution in [2.45, 2.75) is 0 Å². The van der Waals surface area contributed by atoms with Gasteiger partial charge in [-0.25, -0.2) is 0 Å². The monoisotopic (exact) mass is 914 g/mol. The molecule has 6 rings (SSSR count). The number of esters is 2. The maximum atomic E-state index is 13.5. The summed E-state index contributed by atoms with van der Waals surface area (Å²) < 4.78 is 9.17. The average molecular weight is 916 g/mol. The largest absolute Gasteiger partial charge is 0.468 e. The highest BCUT2D eigenvalue weighted by Gasteiger charge is 2.36. The van der Waals surface area contributed by atoms with Gasteiger partial charge in [0.05, 0.1) is 85.4 Å². The Bertz CT molecular complexity index is 2440. The third kappa shape index (κ3) is 10.9. The van der Waals surface area contributed by atoms with E-state index in [-0.39, 0.29) is 105 Å². The van der Waals surface area contributed by atoms with Gasteiger partial charge in [-0.15, -0.1) is 23.2 Å². The molecular formula is C44H40Cl2N6O12. The van der Waals surface area contributed by atoms with Gasteiger partial charge in [0.2, 0.25) is 23.6 Å². The standard InChI is InChI=1S/C26H28N4O8.C18H12Cl2N2O4/c1-29(13-21(33)37-3)11-19(31)27-17-9-5-7-15-23(17)25(35)16-8-6-10-18(24(16)26(15)36)28-20(32)12-30(2)14-22(34)38-4;19-7-13(23)21-11-5-1-3-9-15(11)18(26)10-4-2-6-12(16(10)17(9)25)22-14(24)8-20/h5-10H,11-14H2,1-4H3,(H,27,31)(H,28,32);1-6H,7-8H2,(H,21,23)(H,22,24). The normalized spacial score (nSPS) is 12.1. The number of nitrogens with zero attached hydrogens (tertiary/aromatic N) is 2. The van der Waals surface area contributed by atoms with Crippen molar-refractivity contribution in [3.8, 4) is 0 Å². The predicted octanol–water partition coefficient (Wildman–Crippen LogP) is 3.37. The molecule has 0 saturated carbocycles. The average Bonchev–Trinajstić information content (AvgIpc) is 3.26. The van der Waals surface area contributed by atoms with Crippen LogP contribution in [-0.4, -0.2) is 135 Å². The van der Waals surface area contributed by atoms with E-state index >= 15 is 0 Å². The van der Waals surface area contributed by atoms with Crippen molar-refractivity contribution in [2.75, 3.05) is 87.5 Å². The Morgan fingerprint density at radius 2 is 0.688 bits per heavy atom. The Labute approximate surface area is 375 Å². The molecule has 332 valence electrons. The van der Waals surface area contributed by atoms with Crippen LogP contribution in [0.5, 0.6) is 0 Å². The lowest BCUT2D eigenvalue weighted by molar-refractivity contribution is -0.142. The summed E-state index contributed by atoms with van der Waals surface area (Å²) in [6.45, 7) is -0.515. The molecule has 20 heteroatoms. The predicted molar refractivity (Wildman–Crippen MR) is 234 cm³/mol. The number of amides is 4. The van der Waals surface area contributed by atoms with E-state index in [2.05, 4.69) is 30.7 Å². The Hall–Kier alpha value is -7.12. The van der Waals surface area contributed by atoms with Crippen LogP contribution < -0.4 is 21.3 Å². The molecule has 0 fully saturated rings. The summed E-state index contributed by atoms with van der Waals surface area (Å²) in [4.78, 5) is 127. The van der Waals surface area contributed by atoms with Gasteiger partial charge in [0, 0.05) is 22.3 Å². The maximum absolute atomic E-state index is 13.5. The van der Waals surface area contributed by atoms with Gasteiger partial charge in [-0.2, -0.15) is 0 Å². The third-order valence-electron chi connectivity index (χ3n) is 9.56. The first-order valence-electron chi connectivity index (χ1n) is 19.1. The number of ether oxygens (including phenoxy) is 2. The van der Waals surface area contributed by atoms with E-state index in [1.165, 1.54) is 84.7 Å². The van der Waals surface area contributed by atoms with Crippen LogP contribution >= 0.6 is 23.2 Å². The molecule has 2 aliphatic rings. The number of likely N-dealkylation sites (N-methyl/N-ethyl adjacent to an activating group) is 2. The van der Waals surface area contributed by atoms with Crippen molar-refractivity contribution in [3.63, 3.8) is 0 Å². The smallest absolute Gasteiger partial charge is 0.319 e. The Balaban J connectivity index is 0.000000258. The van der Waals surface area contributed by atoms with Crippen LogP contribution in [0.3, 0.4) is 0 Å². The number of hydrogen-bond acceptors (Lipinski definition) is 14. The van der Waals surface area contributed by atoms with Crippen LogP contribution in [0.4, 0.5) is 22.7 Å². The number of hydrogen-bond donors (Lipinski definition) is 4. The summed E-state index contributed by atoms with van der Waals surface area (Å²) in [5.41, 5.74) is 1.45. The number of benzene rings is 4. The number of carbonyl (C=O) groups excluding carboxylic acids is 10. The summed E-state index contributed by atoms with van der Waals surface area (Å²) in [6.07, 6.45) is 0. The fraction of sp³-hybridized carbons (Fsp3) is 0.227. The summed E-state index contributed by atoms with van der Waals surface area (Å²) in [6, 6.07) is 18.2. The minimum Gasteiger partial charge on any atom is -0.468 e. The van der Waals surface area contributed by atoms with Crippen LogP contribution in [0.25, 0.3) is 0 Å². The van der Waals surface area contributed by atoms with E-state index < -0.39 is 58.7 Å². The molecule has 0 saturated heterocycles. The van der Waals surface area contributed by atoms with Gasteiger partial charge < -0.3 is 30.7 Å². The topological polar surface area (TPSA) is 244 Å². The maximum Gasteiger partial charge on any atom is 0.319 e. The van der Waals surface area contributed by atoms with Gasteiger partial charge in [-0.05, 0) is 38.4 Å². The number of ketones is 4. The van der Waals surface area contributed by atoms with Gasteiger partial charge in [0.25, 0.3) is 0 Å². The quantitative estimate of drug-likeness (QED) is 0.0905. The van der Waals surface area contributed by atoms with Gasteiger partial charge >= 0.3 is 11.9 Å². The van der Waals surface area contributed by atoms with Gasteiger partial charge in [0.1, 0.15) is 11.8 Å². The summed E-state index contributed by atoms with van der Waals surface area (Å²) >= 11 is 11.0. The van der Waals surface area contributed by atoms with Gasteiger partial charge in [-0.3, -0.25) is 57.7 Å².